The number of carbonyl (C=O) groups is 10. The summed E-state index contributed by atoms with van der Waals surface area (Å²) in [5.41, 5.74) is 8.61. The first-order valence-electron chi connectivity index (χ1n) is 38.6. The van der Waals surface area contributed by atoms with Crippen molar-refractivity contribution in [3.05, 3.63) is 141 Å². The van der Waals surface area contributed by atoms with E-state index >= 15 is 4.79 Å². The minimum absolute atomic E-state index is 0.0100. The van der Waals surface area contributed by atoms with Crippen LogP contribution in [-0.2, 0) is 63.6 Å². The van der Waals surface area contributed by atoms with E-state index in [4.69, 9.17) is 66.8 Å². The van der Waals surface area contributed by atoms with E-state index in [9.17, 15) is 73.8 Å². The zero-order valence-corrected chi connectivity index (χ0v) is 67.9. The van der Waals surface area contributed by atoms with E-state index in [0.29, 0.717) is 95.9 Å². The fourth-order valence-electron chi connectivity index (χ4n) is 14.6. The van der Waals surface area contributed by atoms with Gasteiger partial charge >= 0.3 is 18.2 Å². The molecule has 34 nitrogen and oxygen atoms in total. The van der Waals surface area contributed by atoms with Crippen LogP contribution in [0.2, 0.25) is 0 Å². The second-order valence-corrected chi connectivity index (χ2v) is 30.6. The van der Waals surface area contributed by atoms with Crippen LogP contribution in [0.15, 0.2) is 109 Å². The molecule has 4 aliphatic heterocycles. The summed E-state index contributed by atoms with van der Waals surface area (Å²) in [4.78, 5) is 140. The standard InChI is InChI=1S/C81H100Cl2N10O24S/c1-46(2)69(88-64(95)23-26-110-28-30-112-32-34-114-36-37-115-35-33-113-31-29-111-27-25-91-65(96)21-22-66(91)97)75(102)87-56(14-9-24-85-79(84)105)74(101)86-50-17-15-47(16-18-50)38-59(89(3)80(106)107)70(90(4)81(108)109)55-39-57-67(53-12-7-5-10-51(53)55)48(41-82)43-92(57)76(103)62-19-20-63(118-62)77(104)93-44-49(42-83)68-54-13-8-6-11-52(54)60(40-58(68)93)116-78-73(100)72(99)71(98)61(45-94)117-78/h5-8,10-13,15-22,39-40,46,48-49,56,59,61,69-73,78,94,98-100H,9,14,23-38,41-45H2,1-4H3,(H,86,101)(H,87,102)(H,88,95)(H,106,107)(H,108,109)(H3,84,85,105)/t48?,49-,56+,59?,61+,69+,70?,71-,72+,73+,78-/m1/s1. The Morgan fingerprint density at radius 2 is 1.14 bits per heavy atom. The summed E-state index contributed by atoms with van der Waals surface area (Å²) >= 11 is 14.4. The van der Waals surface area contributed by atoms with Gasteiger partial charge in [0, 0.05) is 98.7 Å². The van der Waals surface area contributed by atoms with Crippen LogP contribution in [0.4, 0.5) is 31.4 Å². The molecule has 11 amide bonds. The molecular formula is C81H100Cl2N10O24S. The Balaban J connectivity index is 0.765. The number of thiophene rings is 1. The molecular weight excluding hydrogens is 1600 g/mol. The van der Waals surface area contributed by atoms with E-state index in [0.717, 1.165) is 31.6 Å². The van der Waals surface area contributed by atoms with Crippen LogP contribution in [0.3, 0.4) is 0 Å². The number of primary amides is 1. The Morgan fingerprint density at radius 1 is 0.627 bits per heavy atom. The highest BCUT2D eigenvalue weighted by atomic mass is 35.5. The number of hydrogen-bond donors (Lipinski definition) is 11. The molecule has 3 unspecified atom stereocenters. The van der Waals surface area contributed by atoms with Crippen molar-refractivity contribution in [1.82, 2.24) is 30.7 Å². The van der Waals surface area contributed by atoms with Crippen LogP contribution in [0, 0.1) is 5.92 Å². The first-order valence-corrected chi connectivity index (χ1v) is 40.5. The lowest BCUT2D eigenvalue weighted by Gasteiger charge is -2.39. The Bertz CT molecular complexity index is 4540. The van der Waals surface area contributed by atoms with Gasteiger partial charge in [-0.15, -0.1) is 34.5 Å². The summed E-state index contributed by atoms with van der Waals surface area (Å²) in [7, 11) is 2.64. The number of anilines is 3. The zero-order valence-electron chi connectivity index (χ0n) is 65.6. The third-order valence-corrected chi connectivity index (χ3v) is 22.5. The van der Waals surface area contributed by atoms with Crippen molar-refractivity contribution < 1.29 is 116 Å². The van der Waals surface area contributed by atoms with Gasteiger partial charge in [0.1, 0.15) is 42.2 Å². The number of urea groups is 1. The predicted molar refractivity (Wildman–Crippen MR) is 435 cm³/mol. The monoisotopic (exact) mass is 1700 g/mol. The fraction of sp³-hybridized carbons (Fsp3) is 0.481. The molecule has 4 aliphatic rings. The summed E-state index contributed by atoms with van der Waals surface area (Å²) in [5.74, 6) is -4.52. The lowest BCUT2D eigenvalue weighted by Crippen LogP contribution is -2.60. The van der Waals surface area contributed by atoms with E-state index in [1.807, 2.05) is 12.1 Å². The maximum absolute atomic E-state index is 15.3. The smallest absolute Gasteiger partial charge is 0.407 e. The van der Waals surface area contributed by atoms with E-state index in [1.165, 1.54) is 48.2 Å². The second kappa shape index (κ2) is 43.3. The highest BCUT2D eigenvalue weighted by molar-refractivity contribution is 7.16. The van der Waals surface area contributed by atoms with Gasteiger partial charge in [0.15, 0.2) is 0 Å². The predicted octanol–water partition coefficient (Wildman–Crippen LogP) is 5.50. The van der Waals surface area contributed by atoms with Gasteiger partial charge in [-0.1, -0.05) is 74.5 Å². The minimum atomic E-state index is -1.74. The van der Waals surface area contributed by atoms with Crippen molar-refractivity contribution in [2.24, 2.45) is 11.7 Å². The number of nitrogens with zero attached hydrogens (tertiary/aromatic N) is 5. The molecule has 0 bridgehead atoms. The molecule has 11 atom stereocenters. The van der Waals surface area contributed by atoms with Gasteiger partial charge in [0.05, 0.1) is 120 Å². The second-order valence-electron chi connectivity index (χ2n) is 28.9. The number of fused-ring (bicyclic) bond motifs is 6. The van der Waals surface area contributed by atoms with E-state index < -0.39 is 121 Å². The van der Waals surface area contributed by atoms with E-state index in [2.05, 4.69) is 21.3 Å². The van der Waals surface area contributed by atoms with Crippen molar-refractivity contribution in [3.63, 3.8) is 0 Å². The minimum Gasteiger partial charge on any atom is -0.465 e. The van der Waals surface area contributed by atoms with Crippen molar-refractivity contribution in [2.75, 3.05) is 153 Å². The highest BCUT2D eigenvalue weighted by Crippen LogP contribution is 2.49. The summed E-state index contributed by atoms with van der Waals surface area (Å²) in [6, 6.07) is 21.5. The van der Waals surface area contributed by atoms with Gasteiger partial charge in [0.2, 0.25) is 24.0 Å². The summed E-state index contributed by atoms with van der Waals surface area (Å²) < 4.78 is 45.0. The number of ether oxygens (including phenoxy) is 8. The number of rotatable bonds is 44. The average Bonchev–Trinajstić information content (AvgIpc) is 1.54. The van der Waals surface area contributed by atoms with Gasteiger partial charge < -0.3 is 115 Å². The summed E-state index contributed by atoms with van der Waals surface area (Å²) in [5, 5.41) is 77.1. The van der Waals surface area contributed by atoms with Gasteiger partial charge in [-0.2, -0.15) is 0 Å². The van der Waals surface area contributed by atoms with Crippen LogP contribution in [0.1, 0.15) is 92.6 Å². The number of benzene rings is 5. The zero-order chi connectivity index (χ0) is 84.9. The molecule has 1 aromatic heterocycles. The van der Waals surface area contributed by atoms with Crippen LogP contribution >= 0.6 is 34.5 Å². The number of imide groups is 1. The molecule has 12 N–H and O–H groups in total. The normalized spacial score (nSPS) is 19.2. The topological polar surface area (TPSA) is 456 Å². The summed E-state index contributed by atoms with van der Waals surface area (Å²) in [6.07, 6.45) is -8.30. The highest BCUT2D eigenvalue weighted by Gasteiger charge is 2.47. The number of aliphatic hydroxyl groups excluding tert-OH is 4. The van der Waals surface area contributed by atoms with Crippen LogP contribution in [-0.4, -0.2) is 292 Å². The lowest BCUT2D eigenvalue weighted by atomic mass is 9.85. The molecule has 0 aliphatic carbocycles. The summed E-state index contributed by atoms with van der Waals surface area (Å²) in [6.45, 7) is 6.36. The first kappa shape index (κ1) is 90.6. The molecule has 6 aromatic rings. The Hall–Kier alpha value is -9.70. The molecule has 1 saturated heterocycles. The van der Waals surface area contributed by atoms with Crippen molar-refractivity contribution in [1.29, 1.82) is 0 Å². The van der Waals surface area contributed by atoms with E-state index in [1.54, 1.807) is 86.6 Å². The van der Waals surface area contributed by atoms with Gasteiger partial charge in [0.25, 0.3) is 23.6 Å². The molecule has 638 valence electrons. The third-order valence-electron chi connectivity index (χ3n) is 20.7. The largest absolute Gasteiger partial charge is 0.465 e. The fourth-order valence-corrected chi connectivity index (χ4v) is 16.0. The molecule has 1 fully saturated rings. The van der Waals surface area contributed by atoms with Crippen LogP contribution < -0.4 is 41.5 Å². The molecule has 0 radical (unpaired) electrons. The van der Waals surface area contributed by atoms with Crippen LogP contribution in [0.5, 0.6) is 5.75 Å². The number of halogens is 2. The number of hydrogen-bond acceptors (Lipinski definition) is 23. The number of nitrogens with two attached hydrogens (primary N) is 1. The molecule has 5 heterocycles. The van der Waals surface area contributed by atoms with Crippen molar-refractivity contribution in [3.8, 4) is 5.75 Å². The van der Waals surface area contributed by atoms with Crippen molar-refractivity contribution >= 4 is 133 Å². The molecule has 37 heteroatoms. The first-order chi connectivity index (χ1) is 56.7. The SMILES string of the molecule is CC(C)[C@H](NC(=O)CCOCCOCCOCCOCCOCCOCCN1C(=O)C=CC1=O)C(=O)N[C@@H](CCCNC(N)=O)C(=O)Nc1ccc(CC(C(c2cc3c(c4ccccc24)C(CCl)CN3C(=O)c2ccc(C(=O)N3C[C@@H](CCl)c4c3cc(O[C@@H]3O[C@@H](CO)[C@@H](O)[C@H](O)[C@@H]3O)c3ccccc43)s2)N(C)C(=O)O)N(C)C(=O)O)cc1. The molecule has 5 aromatic carbocycles. The number of aliphatic hydroxyl groups is 4. The third kappa shape index (κ3) is 22.6. The molecule has 0 saturated carbocycles. The number of amides is 11. The Kier molecular flexibility index (Phi) is 33.3. The molecule has 118 heavy (non-hydrogen) atoms. The number of carboxylic acid groups (broad SMARTS) is 2. The quantitative estimate of drug-likeness (QED) is 0.0128. The number of alkyl halides is 2. The maximum atomic E-state index is 15.3. The number of nitrogens with one attached hydrogen (secondary N) is 4. The molecule has 10 rings (SSSR count). The van der Waals surface area contributed by atoms with Crippen LogP contribution in [0.25, 0.3) is 21.5 Å². The maximum Gasteiger partial charge on any atom is 0.407 e. The van der Waals surface area contributed by atoms with Crippen molar-refractivity contribution in [2.45, 2.75) is 106 Å². The van der Waals surface area contributed by atoms with Gasteiger partial charge in [-0.25, -0.2) is 14.4 Å². The number of carbonyl (C=O) groups excluding carboxylic acids is 8. The average molecular weight is 1700 g/mol. The Labute approximate surface area is 694 Å². The molecule has 0 spiro atoms. The van der Waals surface area contributed by atoms with Gasteiger partial charge in [-0.05, 0) is 93.9 Å². The Morgan fingerprint density at radius 3 is 1.65 bits per heavy atom. The van der Waals surface area contributed by atoms with E-state index in [-0.39, 0.29) is 136 Å². The van der Waals surface area contributed by atoms with Gasteiger partial charge in [-0.3, -0.25) is 38.5 Å². The lowest BCUT2D eigenvalue weighted by molar-refractivity contribution is -0.277. The number of likely N-dealkylation sites (N-methyl/N-ethyl adjacent to an activating group) is 2.